The van der Waals surface area contributed by atoms with Crippen LogP contribution in [0, 0.1) is 11.3 Å². The number of carbonyl (C=O) groups excluding carboxylic acids is 1. The van der Waals surface area contributed by atoms with E-state index in [1.54, 1.807) is 31.6 Å². The van der Waals surface area contributed by atoms with Gasteiger partial charge in [-0.1, -0.05) is 18.2 Å². The van der Waals surface area contributed by atoms with Crippen LogP contribution < -0.4 is 14.8 Å². The van der Waals surface area contributed by atoms with E-state index in [4.69, 9.17) is 14.7 Å². The number of pyridine rings is 1. The van der Waals surface area contributed by atoms with Gasteiger partial charge in [0.1, 0.15) is 6.61 Å². The molecule has 0 aliphatic carbocycles. The minimum atomic E-state index is -0.0318. The van der Waals surface area contributed by atoms with Crippen molar-refractivity contribution in [3.8, 4) is 17.6 Å². The van der Waals surface area contributed by atoms with Crippen molar-refractivity contribution in [3.05, 3.63) is 89.2 Å². The third-order valence-corrected chi connectivity index (χ3v) is 5.45. The summed E-state index contributed by atoms with van der Waals surface area (Å²) in [5.41, 5.74) is 3.67. The van der Waals surface area contributed by atoms with E-state index in [9.17, 15) is 4.79 Å². The first kappa shape index (κ1) is 22.2. The predicted octanol–water partition coefficient (Wildman–Crippen LogP) is 4.09. The fourth-order valence-corrected chi connectivity index (χ4v) is 3.59. The third-order valence-electron chi connectivity index (χ3n) is 4.45. The maximum Gasteiger partial charge on any atom is 0.230 e. The molecule has 1 N–H and O–H groups in total. The number of thioether (sulfide) groups is 1. The summed E-state index contributed by atoms with van der Waals surface area (Å²) in [6.45, 7) is 0.836. The van der Waals surface area contributed by atoms with Crippen molar-refractivity contribution in [1.29, 1.82) is 5.26 Å². The number of carbonyl (C=O) groups is 1. The Bertz CT molecular complexity index is 1030. The summed E-state index contributed by atoms with van der Waals surface area (Å²) in [5.74, 6) is 2.32. The fourth-order valence-electron chi connectivity index (χ4n) is 2.77. The number of methoxy groups -OCH3 is 1. The summed E-state index contributed by atoms with van der Waals surface area (Å²) in [6.07, 6.45) is 3.45. The van der Waals surface area contributed by atoms with Crippen molar-refractivity contribution in [1.82, 2.24) is 10.3 Å². The van der Waals surface area contributed by atoms with Crippen molar-refractivity contribution < 1.29 is 14.3 Å². The van der Waals surface area contributed by atoms with Gasteiger partial charge < -0.3 is 14.8 Å². The number of nitriles is 1. The van der Waals surface area contributed by atoms with Crippen LogP contribution in [0.15, 0.2) is 67.0 Å². The molecule has 1 aromatic heterocycles. The van der Waals surface area contributed by atoms with Crippen molar-refractivity contribution in [3.63, 3.8) is 0 Å². The van der Waals surface area contributed by atoms with Gasteiger partial charge in [-0.2, -0.15) is 5.26 Å². The number of benzene rings is 2. The number of hydrogen-bond acceptors (Lipinski definition) is 6. The lowest BCUT2D eigenvalue weighted by Crippen LogP contribution is -2.24. The number of amides is 1. The van der Waals surface area contributed by atoms with Gasteiger partial charge in [-0.05, 0) is 53.1 Å². The van der Waals surface area contributed by atoms with E-state index in [1.807, 2.05) is 42.5 Å². The van der Waals surface area contributed by atoms with Gasteiger partial charge in [-0.25, -0.2) is 0 Å². The smallest absolute Gasteiger partial charge is 0.230 e. The van der Waals surface area contributed by atoms with E-state index in [1.165, 1.54) is 11.8 Å². The lowest BCUT2D eigenvalue weighted by Gasteiger charge is -2.13. The SMILES string of the molecule is COc1cc(CNC(=O)CSCc2ccc(C#N)cc2)ccc1OCc1ccncc1. The van der Waals surface area contributed by atoms with Gasteiger partial charge >= 0.3 is 0 Å². The lowest BCUT2D eigenvalue weighted by atomic mass is 10.2. The van der Waals surface area contributed by atoms with E-state index in [-0.39, 0.29) is 5.91 Å². The van der Waals surface area contributed by atoms with Crippen LogP contribution in [0.25, 0.3) is 0 Å². The Kier molecular flexibility index (Phi) is 8.32. The minimum Gasteiger partial charge on any atom is -0.493 e. The third kappa shape index (κ3) is 7.05. The molecule has 158 valence electrons. The molecule has 0 unspecified atom stereocenters. The van der Waals surface area contributed by atoms with Crippen LogP contribution in [-0.2, 0) is 23.7 Å². The molecular formula is C24H23N3O3S. The average Bonchev–Trinajstić information content (AvgIpc) is 2.82. The zero-order chi connectivity index (χ0) is 21.9. The van der Waals surface area contributed by atoms with Gasteiger partial charge in [-0.3, -0.25) is 9.78 Å². The van der Waals surface area contributed by atoms with Crippen LogP contribution in [0.3, 0.4) is 0 Å². The highest BCUT2D eigenvalue weighted by atomic mass is 32.2. The molecule has 0 radical (unpaired) electrons. The molecular weight excluding hydrogens is 410 g/mol. The molecule has 3 aromatic rings. The highest BCUT2D eigenvalue weighted by Crippen LogP contribution is 2.28. The van der Waals surface area contributed by atoms with Crippen molar-refractivity contribution in [2.24, 2.45) is 0 Å². The monoisotopic (exact) mass is 433 g/mol. The van der Waals surface area contributed by atoms with E-state index < -0.39 is 0 Å². The number of rotatable bonds is 10. The second-order valence-corrected chi connectivity index (χ2v) is 7.69. The summed E-state index contributed by atoms with van der Waals surface area (Å²) in [7, 11) is 1.59. The largest absolute Gasteiger partial charge is 0.493 e. The second kappa shape index (κ2) is 11.6. The van der Waals surface area contributed by atoms with Crippen molar-refractivity contribution in [2.45, 2.75) is 18.9 Å². The van der Waals surface area contributed by atoms with Crippen LogP contribution >= 0.6 is 11.8 Å². The highest BCUT2D eigenvalue weighted by molar-refractivity contribution is 7.99. The molecule has 3 rings (SSSR count). The summed E-state index contributed by atoms with van der Waals surface area (Å²) in [5, 5.41) is 11.8. The summed E-state index contributed by atoms with van der Waals surface area (Å²) >= 11 is 1.53. The molecule has 31 heavy (non-hydrogen) atoms. The Hall–Kier alpha value is -3.50. The first-order chi connectivity index (χ1) is 15.2. The number of aromatic nitrogens is 1. The van der Waals surface area contributed by atoms with Gasteiger partial charge in [0.15, 0.2) is 11.5 Å². The fraction of sp³-hybridized carbons (Fsp3) is 0.208. The minimum absolute atomic E-state index is 0.0318. The zero-order valence-electron chi connectivity index (χ0n) is 17.2. The number of ether oxygens (including phenoxy) is 2. The number of hydrogen-bond donors (Lipinski definition) is 1. The Balaban J connectivity index is 1.44. The first-order valence-corrected chi connectivity index (χ1v) is 10.9. The molecule has 0 spiro atoms. The molecule has 2 aromatic carbocycles. The first-order valence-electron chi connectivity index (χ1n) is 9.70. The van der Waals surface area contributed by atoms with E-state index in [0.29, 0.717) is 36.0 Å². The van der Waals surface area contributed by atoms with Crippen LogP contribution in [0.4, 0.5) is 0 Å². The van der Waals surface area contributed by atoms with Crippen molar-refractivity contribution >= 4 is 17.7 Å². The predicted molar refractivity (Wildman–Crippen MR) is 121 cm³/mol. The quantitative estimate of drug-likeness (QED) is 0.518. The van der Waals surface area contributed by atoms with Crippen LogP contribution in [0.5, 0.6) is 11.5 Å². The Morgan fingerprint density at radius 1 is 1.03 bits per heavy atom. The second-order valence-electron chi connectivity index (χ2n) is 6.71. The number of nitrogens with one attached hydrogen (secondary N) is 1. The molecule has 1 amide bonds. The van der Waals surface area contributed by atoms with E-state index >= 15 is 0 Å². The van der Waals surface area contributed by atoms with Gasteiger partial charge in [0, 0.05) is 24.7 Å². The maximum atomic E-state index is 12.2. The highest BCUT2D eigenvalue weighted by Gasteiger charge is 2.08. The molecule has 6 nitrogen and oxygen atoms in total. The van der Waals surface area contributed by atoms with E-state index in [0.717, 1.165) is 22.4 Å². The molecule has 0 aliphatic heterocycles. The Morgan fingerprint density at radius 2 is 1.77 bits per heavy atom. The average molecular weight is 434 g/mol. The van der Waals surface area contributed by atoms with Gasteiger partial charge in [0.25, 0.3) is 0 Å². The van der Waals surface area contributed by atoms with Crippen LogP contribution in [0.2, 0.25) is 0 Å². The molecule has 0 bridgehead atoms. The van der Waals surface area contributed by atoms with Gasteiger partial charge in [-0.15, -0.1) is 11.8 Å². The molecule has 1 heterocycles. The molecule has 0 aliphatic rings. The summed E-state index contributed by atoms with van der Waals surface area (Å²) < 4.78 is 11.3. The van der Waals surface area contributed by atoms with E-state index in [2.05, 4.69) is 16.4 Å². The standard InChI is InChI=1S/C24H23N3O3S/c1-29-23-12-21(6-7-22(23)30-15-19-8-10-26-11-9-19)14-27-24(28)17-31-16-20-4-2-18(13-25)3-5-20/h2-12H,14-17H2,1H3,(H,27,28). The van der Waals surface area contributed by atoms with Crippen molar-refractivity contribution in [2.75, 3.05) is 12.9 Å². The van der Waals surface area contributed by atoms with Gasteiger partial charge in [0.2, 0.25) is 5.91 Å². The topological polar surface area (TPSA) is 84.2 Å². The normalized spacial score (nSPS) is 10.2. The van der Waals surface area contributed by atoms with Crippen LogP contribution in [-0.4, -0.2) is 23.8 Å². The molecule has 7 heteroatoms. The molecule has 0 saturated heterocycles. The summed E-state index contributed by atoms with van der Waals surface area (Å²) in [6, 6.07) is 18.9. The maximum absolute atomic E-state index is 12.2. The summed E-state index contributed by atoms with van der Waals surface area (Å²) in [4.78, 5) is 16.1. The number of nitrogens with zero attached hydrogens (tertiary/aromatic N) is 2. The molecule has 0 atom stereocenters. The van der Waals surface area contributed by atoms with Crippen LogP contribution in [0.1, 0.15) is 22.3 Å². The molecule has 0 fully saturated rings. The lowest BCUT2D eigenvalue weighted by molar-refractivity contribution is -0.118. The Labute approximate surface area is 186 Å². The molecule has 0 saturated carbocycles. The Morgan fingerprint density at radius 3 is 2.48 bits per heavy atom. The van der Waals surface area contributed by atoms with Gasteiger partial charge in [0.05, 0.1) is 24.5 Å². The zero-order valence-corrected chi connectivity index (χ0v) is 18.0.